The predicted molar refractivity (Wildman–Crippen MR) is 87.8 cm³/mol. The molecular formula is C17H11N3OS. The normalized spacial score (nSPS) is 12.1. The first kappa shape index (κ1) is 12.9. The molecule has 106 valence electrons. The van der Waals surface area contributed by atoms with Crippen molar-refractivity contribution in [2.45, 2.75) is 0 Å². The molecule has 5 heteroatoms. The third kappa shape index (κ3) is 2.21. The van der Waals surface area contributed by atoms with Crippen LogP contribution in [0.4, 0.5) is 0 Å². The molecule has 0 radical (unpaired) electrons. The topological polar surface area (TPSA) is 47.3 Å². The van der Waals surface area contributed by atoms with Crippen molar-refractivity contribution in [2.75, 3.05) is 0 Å². The number of aromatic nitrogens is 3. The molecule has 0 aliphatic heterocycles. The number of fused-ring (bicyclic) bond motifs is 1. The Balaban J connectivity index is 1.75. The van der Waals surface area contributed by atoms with Crippen LogP contribution in [0, 0.1) is 0 Å². The molecule has 0 aliphatic carbocycles. The first-order valence-corrected chi connectivity index (χ1v) is 7.63. The highest BCUT2D eigenvalue weighted by Crippen LogP contribution is 2.19. The first-order chi connectivity index (χ1) is 10.8. The lowest BCUT2D eigenvalue weighted by Gasteiger charge is -2.01. The summed E-state index contributed by atoms with van der Waals surface area (Å²) in [5.74, 6) is 0. The van der Waals surface area contributed by atoms with E-state index in [4.69, 9.17) is 0 Å². The monoisotopic (exact) mass is 305 g/mol. The fraction of sp³-hybridized carbons (Fsp3) is 0. The molecule has 0 atom stereocenters. The van der Waals surface area contributed by atoms with Gasteiger partial charge in [-0.3, -0.25) is 4.79 Å². The molecule has 0 aliphatic rings. The number of rotatable bonds is 2. The van der Waals surface area contributed by atoms with Crippen LogP contribution in [0.5, 0.6) is 0 Å². The number of benzene rings is 2. The summed E-state index contributed by atoms with van der Waals surface area (Å²) < 4.78 is 1.97. The molecule has 0 saturated carbocycles. The number of thiazole rings is 1. The van der Waals surface area contributed by atoms with Gasteiger partial charge in [-0.2, -0.15) is 9.61 Å². The van der Waals surface area contributed by atoms with Gasteiger partial charge >= 0.3 is 0 Å². The highest BCUT2D eigenvalue weighted by molar-refractivity contribution is 7.15. The Morgan fingerprint density at radius 1 is 0.955 bits per heavy atom. The number of hydrogen-bond acceptors (Lipinski definition) is 4. The second kappa shape index (κ2) is 5.20. The molecule has 4 nitrogen and oxygen atoms in total. The number of nitrogens with zero attached hydrogens (tertiary/aromatic N) is 3. The van der Waals surface area contributed by atoms with Gasteiger partial charge in [0.1, 0.15) is 6.33 Å². The van der Waals surface area contributed by atoms with Gasteiger partial charge in [-0.1, -0.05) is 65.9 Å². The Morgan fingerprint density at radius 2 is 1.68 bits per heavy atom. The van der Waals surface area contributed by atoms with Gasteiger partial charge in [-0.15, -0.1) is 0 Å². The van der Waals surface area contributed by atoms with Gasteiger partial charge in [-0.05, 0) is 22.8 Å². The maximum absolute atomic E-state index is 12.1. The minimum absolute atomic E-state index is 0.121. The highest BCUT2D eigenvalue weighted by Gasteiger charge is 2.04. The maximum atomic E-state index is 12.1. The van der Waals surface area contributed by atoms with E-state index < -0.39 is 0 Å². The van der Waals surface area contributed by atoms with E-state index in [1.165, 1.54) is 27.7 Å². The van der Waals surface area contributed by atoms with Crippen LogP contribution in [-0.2, 0) is 0 Å². The third-order valence-electron chi connectivity index (χ3n) is 3.44. The quantitative estimate of drug-likeness (QED) is 0.571. The highest BCUT2D eigenvalue weighted by atomic mass is 32.1. The van der Waals surface area contributed by atoms with E-state index in [-0.39, 0.29) is 5.56 Å². The van der Waals surface area contributed by atoms with Crippen molar-refractivity contribution in [3.05, 3.63) is 81.4 Å². The molecular weight excluding hydrogens is 294 g/mol. The van der Waals surface area contributed by atoms with Crippen molar-refractivity contribution in [1.82, 2.24) is 14.6 Å². The van der Waals surface area contributed by atoms with Crippen LogP contribution in [0.3, 0.4) is 0 Å². The third-order valence-corrected chi connectivity index (χ3v) is 4.41. The maximum Gasteiger partial charge on any atom is 0.291 e. The van der Waals surface area contributed by atoms with Crippen LogP contribution in [0.1, 0.15) is 5.56 Å². The molecule has 22 heavy (non-hydrogen) atoms. The summed E-state index contributed by atoms with van der Waals surface area (Å²) in [6.07, 6.45) is 3.27. The van der Waals surface area contributed by atoms with Gasteiger partial charge in [0.2, 0.25) is 4.96 Å². The zero-order valence-electron chi connectivity index (χ0n) is 11.5. The molecule has 0 N–H and O–H groups in total. The SMILES string of the molecule is O=c1/c(=C/c2ccc(-c3ccccc3)cc2)sc2ncnn12. The smallest absolute Gasteiger partial charge is 0.266 e. The van der Waals surface area contributed by atoms with E-state index in [9.17, 15) is 4.79 Å². The second-order valence-electron chi connectivity index (χ2n) is 4.86. The lowest BCUT2D eigenvalue weighted by molar-refractivity contribution is 0.932. The van der Waals surface area contributed by atoms with E-state index in [2.05, 4.69) is 34.3 Å². The fourth-order valence-electron chi connectivity index (χ4n) is 2.33. The summed E-state index contributed by atoms with van der Waals surface area (Å²) in [5.41, 5.74) is 3.20. The van der Waals surface area contributed by atoms with Gasteiger partial charge in [0.05, 0.1) is 4.53 Å². The average molecular weight is 305 g/mol. The predicted octanol–water partition coefficient (Wildman–Crippen LogP) is 2.37. The number of hydrogen-bond donors (Lipinski definition) is 0. The first-order valence-electron chi connectivity index (χ1n) is 6.81. The fourth-order valence-corrected chi connectivity index (χ4v) is 3.21. The Bertz CT molecular complexity index is 1030. The summed E-state index contributed by atoms with van der Waals surface area (Å²) >= 11 is 1.35. The van der Waals surface area contributed by atoms with Gasteiger partial charge in [0, 0.05) is 0 Å². The van der Waals surface area contributed by atoms with E-state index in [0.717, 1.165) is 11.1 Å². The van der Waals surface area contributed by atoms with Gasteiger partial charge in [0.25, 0.3) is 5.56 Å². The van der Waals surface area contributed by atoms with Crippen molar-refractivity contribution < 1.29 is 0 Å². The van der Waals surface area contributed by atoms with Crippen LogP contribution < -0.4 is 10.1 Å². The van der Waals surface area contributed by atoms with Gasteiger partial charge in [-0.25, -0.2) is 4.98 Å². The van der Waals surface area contributed by atoms with Gasteiger partial charge in [0.15, 0.2) is 0 Å². The molecule has 0 bridgehead atoms. The molecule has 0 fully saturated rings. The van der Waals surface area contributed by atoms with Crippen LogP contribution >= 0.6 is 11.3 Å². The minimum atomic E-state index is -0.121. The molecule has 0 unspecified atom stereocenters. The van der Waals surface area contributed by atoms with Crippen molar-refractivity contribution in [3.8, 4) is 11.1 Å². The molecule has 4 aromatic rings. The molecule has 2 aromatic heterocycles. The summed E-state index contributed by atoms with van der Waals surface area (Å²) in [5, 5.41) is 3.92. The lowest BCUT2D eigenvalue weighted by atomic mass is 10.0. The molecule has 2 heterocycles. The van der Waals surface area contributed by atoms with Gasteiger partial charge < -0.3 is 0 Å². The Kier molecular flexibility index (Phi) is 3.05. The van der Waals surface area contributed by atoms with E-state index >= 15 is 0 Å². The van der Waals surface area contributed by atoms with Crippen molar-refractivity contribution in [1.29, 1.82) is 0 Å². The van der Waals surface area contributed by atoms with Crippen molar-refractivity contribution in [3.63, 3.8) is 0 Å². The Hall–Kier alpha value is -2.79. The summed E-state index contributed by atoms with van der Waals surface area (Å²) in [4.78, 5) is 16.8. The zero-order valence-corrected chi connectivity index (χ0v) is 12.3. The zero-order chi connectivity index (χ0) is 14.9. The Morgan fingerprint density at radius 3 is 2.41 bits per heavy atom. The van der Waals surface area contributed by atoms with Crippen LogP contribution in [-0.4, -0.2) is 14.6 Å². The Labute approximate surface area is 130 Å². The summed E-state index contributed by atoms with van der Waals surface area (Å²) in [7, 11) is 0. The minimum Gasteiger partial charge on any atom is -0.266 e. The average Bonchev–Trinajstić information content (AvgIpc) is 3.13. The van der Waals surface area contributed by atoms with E-state index in [1.54, 1.807) is 0 Å². The molecule has 0 amide bonds. The van der Waals surface area contributed by atoms with Crippen LogP contribution in [0.25, 0.3) is 22.2 Å². The summed E-state index contributed by atoms with van der Waals surface area (Å²) in [6, 6.07) is 18.3. The molecule has 0 spiro atoms. The standard InChI is InChI=1S/C17H11N3OS/c21-16-15(22-17-18-11-19-20(16)17)10-12-6-8-14(9-7-12)13-4-2-1-3-5-13/h1-11H/b15-10-. The second-order valence-corrected chi connectivity index (χ2v) is 5.87. The van der Waals surface area contributed by atoms with Crippen molar-refractivity contribution >= 4 is 22.4 Å². The molecule has 2 aromatic carbocycles. The largest absolute Gasteiger partial charge is 0.291 e. The summed E-state index contributed by atoms with van der Waals surface area (Å²) in [6.45, 7) is 0. The molecule has 0 saturated heterocycles. The van der Waals surface area contributed by atoms with E-state index in [0.29, 0.717) is 9.49 Å². The van der Waals surface area contributed by atoms with Crippen LogP contribution in [0.15, 0.2) is 65.7 Å². The van der Waals surface area contributed by atoms with Crippen LogP contribution in [0.2, 0.25) is 0 Å². The van der Waals surface area contributed by atoms with E-state index in [1.807, 2.05) is 36.4 Å². The van der Waals surface area contributed by atoms with Crippen molar-refractivity contribution in [2.24, 2.45) is 0 Å². The molecule has 4 rings (SSSR count). The lowest BCUT2D eigenvalue weighted by Crippen LogP contribution is -2.23.